The van der Waals surface area contributed by atoms with Crippen molar-refractivity contribution in [3.8, 4) is 0 Å². The fraction of sp³-hybridized carbons (Fsp3) is 0. The Morgan fingerprint density at radius 1 is 0.950 bits per heavy atom. The van der Waals surface area contributed by atoms with Gasteiger partial charge in [-0.05, 0) is 36.4 Å². The molecular formula is C12H9F3N2O2S. The molecule has 0 aliphatic heterocycles. The first kappa shape index (κ1) is 14.2. The van der Waals surface area contributed by atoms with Crippen LogP contribution in [0.2, 0.25) is 0 Å². The van der Waals surface area contributed by atoms with Crippen LogP contribution >= 0.6 is 0 Å². The monoisotopic (exact) mass is 302 g/mol. The van der Waals surface area contributed by atoms with Crippen LogP contribution in [0, 0.1) is 17.5 Å². The van der Waals surface area contributed by atoms with Crippen LogP contribution in [-0.2, 0) is 10.0 Å². The van der Waals surface area contributed by atoms with Gasteiger partial charge in [0, 0.05) is 5.69 Å². The van der Waals surface area contributed by atoms with E-state index in [1.165, 1.54) is 6.07 Å². The van der Waals surface area contributed by atoms with Crippen molar-refractivity contribution in [3.05, 3.63) is 53.8 Å². The van der Waals surface area contributed by atoms with Gasteiger partial charge in [-0.25, -0.2) is 21.6 Å². The molecule has 0 fully saturated rings. The molecule has 4 nitrogen and oxygen atoms in total. The third kappa shape index (κ3) is 3.02. The molecule has 0 saturated heterocycles. The Balaban J connectivity index is 2.37. The molecule has 3 N–H and O–H groups in total. The largest absolute Gasteiger partial charge is 0.399 e. The predicted octanol–water partition coefficient (Wildman–Crippen LogP) is 2.49. The lowest BCUT2D eigenvalue weighted by Crippen LogP contribution is -2.13. The average molecular weight is 302 g/mol. The Hall–Kier alpha value is -2.22. The van der Waals surface area contributed by atoms with Gasteiger partial charge in [-0.2, -0.15) is 0 Å². The summed E-state index contributed by atoms with van der Waals surface area (Å²) in [6, 6.07) is 5.22. The van der Waals surface area contributed by atoms with Gasteiger partial charge in [-0.15, -0.1) is 0 Å². The van der Waals surface area contributed by atoms with Crippen molar-refractivity contribution in [2.45, 2.75) is 4.90 Å². The zero-order chi connectivity index (χ0) is 14.9. The molecule has 0 aliphatic rings. The third-order valence-corrected chi connectivity index (χ3v) is 3.75. The van der Waals surface area contributed by atoms with E-state index in [4.69, 9.17) is 5.73 Å². The van der Waals surface area contributed by atoms with Crippen LogP contribution in [0.4, 0.5) is 24.5 Å². The topological polar surface area (TPSA) is 72.2 Å². The van der Waals surface area contributed by atoms with E-state index in [9.17, 15) is 21.6 Å². The van der Waals surface area contributed by atoms with Crippen molar-refractivity contribution in [2.75, 3.05) is 10.5 Å². The molecule has 0 atom stereocenters. The number of rotatable bonds is 3. The smallest absolute Gasteiger partial charge is 0.262 e. The number of hydrogen-bond acceptors (Lipinski definition) is 3. The quantitative estimate of drug-likeness (QED) is 0.856. The van der Waals surface area contributed by atoms with Crippen LogP contribution in [0.1, 0.15) is 0 Å². The van der Waals surface area contributed by atoms with E-state index in [1.54, 1.807) is 0 Å². The van der Waals surface area contributed by atoms with Gasteiger partial charge >= 0.3 is 0 Å². The molecule has 0 spiro atoms. The summed E-state index contributed by atoms with van der Waals surface area (Å²) in [5, 5.41) is 0. The van der Waals surface area contributed by atoms with Crippen LogP contribution in [-0.4, -0.2) is 8.42 Å². The highest BCUT2D eigenvalue weighted by atomic mass is 32.2. The second kappa shape index (κ2) is 5.04. The molecule has 0 aromatic heterocycles. The van der Waals surface area contributed by atoms with E-state index in [2.05, 4.69) is 0 Å². The molecule has 0 bridgehead atoms. The van der Waals surface area contributed by atoms with Gasteiger partial charge < -0.3 is 5.73 Å². The number of halogens is 3. The van der Waals surface area contributed by atoms with E-state index in [-0.39, 0.29) is 11.4 Å². The number of nitrogen functional groups attached to an aromatic ring is 1. The van der Waals surface area contributed by atoms with E-state index >= 15 is 0 Å². The molecule has 106 valence electrons. The van der Waals surface area contributed by atoms with Crippen molar-refractivity contribution in [1.29, 1.82) is 0 Å². The predicted molar refractivity (Wildman–Crippen MR) is 68.0 cm³/mol. The lowest BCUT2D eigenvalue weighted by Gasteiger charge is -2.09. The maximum atomic E-state index is 13.1. The Labute approximate surface area is 113 Å². The lowest BCUT2D eigenvalue weighted by molar-refractivity contribution is 0.504. The molecule has 0 heterocycles. The number of hydrogen-bond donors (Lipinski definition) is 2. The number of anilines is 2. The summed E-state index contributed by atoms with van der Waals surface area (Å²) in [4.78, 5) is -0.487. The van der Waals surface area contributed by atoms with Gasteiger partial charge in [0.15, 0.2) is 11.6 Å². The molecular weight excluding hydrogens is 293 g/mol. The van der Waals surface area contributed by atoms with Crippen LogP contribution < -0.4 is 10.5 Å². The summed E-state index contributed by atoms with van der Waals surface area (Å²) in [6.45, 7) is 0. The van der Waals surface area contributed by atoms with Crippen LogP contribution in [0.3, 0.4) is 0 Å². The molecule has 0 saturated carbocycles. The minimum atomic E-state index is -4.16. The Kier molecular flexibility index (Phi) is 3.58. The minimum absolute atomic E-state index is 0.0213. The maximum Gasteiger partial charge on any atom is 0.262 e. The van der Waals surface area contributed by atoms with Crippen molar-refractivity contribution < 1.29 is 21.6 Å². The normalized spacial score (nSPS) is 11.3. The number of benzene rings is 2. The Morgan fingerprint density at radius 3 is 2.25 bits per heavy atom. The summed E-state index contributed by atoms with van der Waals surface area (Å²) in [7, 11) is -4.16. The summed E-state index contributed by atoms with van der Waals surface area (Å²) in [5.74, 6) is -3.20. The van der Waals surface area contributed by atoms with Crippen LogP contribution in [0.15, 0.2) is 41.3 Å². The summed E-state index contributed by atoms with van der Waals surface area (Å²) >= 11 is 0. The third-order valence-electron chi connectivity index (χ3n) is 2.37. The second-order valence-corrected chi connectivity index (χ2v) is 5.64. The van der Waals surface area contributed by atoms with Gasteiger partial charge in [-0.3, -0.25) is 4.72 Å². The first-order valence-electron chi connectivity index (χ1n) is 5.32. The van der Waals surface area contributed by atoms with E-state index in [0.717, 1.165) is 18.2 Å². The fourth-order valence-corrected chi connectivity index (χ4v) is 2.58. The Morgan fingerprint density at radius 2 is 1.65 bits per heavy atom. The van der Waals surface area contributed by atoms with Crippen molar-refractivity contribution in [3.63, 3.8) is 0 Å². The Bertz CT molecular complexity index is 743. The van der Waals surface area contributed by atoms with E-state index in [1.807, 2.05) is 4.72 Å². The summed E-state index contributed by atoms with van der Waals surface area (Å²) in [6.07, 6.45) is 0. The molecule has 0 unspecified atom stereocenters. The number of sulfonamides is 1. The zero-order valence-corrected chi connectivity index (χ0v) is 10.7. The SMILES string of the molecule is Nc1cc(F)cc(NS(=O)(=O)c2ccc(F)c(F)c2)c1. The van der Waals surface area contributed by atoms with Gasteiger partial charge in [-0.1, -0.05) is 0 Å². The van der Waals surface area contributed by atoms with Crippen LogP contribution in [0.25, 0.3) is 0 Å². The number of nitrogens with one attached hydrogen (secondary N) is 1. The van der Waals surface area contributed by atoms with Crippen LogP contribution in [0.5, 0.6) is 0 Å². The molecule has 2 aromatic carbocycles. The molecule has 2 aromatic rings. The summed E-state index contributed by atoms with van der Waals surface area (Å²) in [5.41, 5.74) is 5.28. The summed E-state index contributed by atoms with van der Waals surface area (Å²) < 4.78 is 64.8. The molecule has 0 amide bonds. The van der Waals surface area contributed by atoms with E-state index < -0.39 is 32.4 Å². The van der Waals surface area contributed by atoms with Gasteiger partial charge in [0.2, 0.25) is 0 Å². The van der Waals surface area contributed by atoms with Crippen molar-refractivity contribution >= 4 is 21.4 Å². The highest BCUT2D eigenvalue weighted by molar-refractivity contribution is 7.92. The average Bonchev–Trinajstić information content (AvgIpc) is 2.30. The highest BCUT2D eigenvalue weighted by Crippen LogP contribution is 2.21. The fourth-order valence-electron chi connectivity index (χ4n) is 1.53. The lowest BCUT2D eigenvalue weighted by atomic mass is 10.3. The second-order valence-electron chi connectivity index (χ2n) is 3.95. The molecule has 8 heteroatoms. The van der Waals surface area contributed by atoms with Gasteiger partial charge in [0.05, 0.1) is 10.6 Å². The first-order chi connectivity index (χ1) is 9.28. The molecule has 2 rings (SSSR count). The van der Waals surface area contributed by atoms with E-state index in [0.29, 0.717) is 12.1 Å². The standard InChI is InChI=1S/C12H9F3N2O2S/c13-7-3-8(16)5-9(4-7)17-20(18,19)10-1-2-11(14)12(15)6-10/h1-6,17H,16H2. The minimum Gasteiger partial charge on any atom is -0.399 e. The molecule has 20 heavy (non-hydrogen) atoms. The zero-order valence-electron chi connectivity index (χ0n) is 9.90. The van der Waals surface area contributed by atoms with Gasteiger partial charge in [0.1, 0.15) is 5.82 Å². The molecule has 0 aliphatic carbocycles. The van der Waals surface area contributed by atoms with Gasteiger partial charge in [0.25, 0.3) is 10.0 Å². The van der Waals surface area contributed by atoms with Crippen molar-refractivity contribution in [2.24, 2.45) is 0 Å². The highest BCUT2D eigenvalue weighted by Gasteiger charge is 2.17. The van der Waals surface area contributed by atoms with Crippen molar-refractivity contribution in [1.82, 2.24) is 0 Å². The number of nitrogens with two attached hydrogens (primary N) is 1. The first-order valence-corrected chi connectivity index (χ1v) is 6.80. The molecule has 0 radical (unpaired) electrons. The maximum absolute atomic E-state index is 13.1.